The number of aromatic nitrogens is 4. The second kappa shape index (κ2) is 5.91. The first kappa shape index (κ1) is 15.7. The number of aryl methyl sites for hydroxylation is 1. The van der Waals surface area contributed by atoms with Gasteiger partial charge in [0.1, 0.15) is 0 Å². The smallest absolute Gasteiger partial charge is 0.276 e. The number of benzene rings is 1. The third-order valence-corrected chi connectivity index (χ3v) is 4.48. The van der Waals surface area contributed by atoms with Crippen LogP contribution < -0.4 is 5.32 Å². The molecule has 1 amide bonds. The van der Waals surface area contributed by atoms with Crippen LogP contribution >= 0.6 is 23.8 Å². The Labute approximate surface area is 152 Å². The third-order valence-electron chi connectivity index (χ3n) is 3.81. The standard InChI is InChI=1S/C16H11ClN6OS/c1-8-6-12-10(7-11(8)17)13(15(24)19-12)22-23-14(20-21-16(23)25)9-2-4-18-5-3-9/h2-7H,1H3,(H,21,25)(H,19,22,24). The molecular formula is C16H11ClN6OS. The molecule has 2 N–H and O–H groups in total. The fourth-order valence-electron chi connectivity index (χ4n) is 2.56. The topological polar surface area (TPSA) is 88.0 Å². The highest BCUT2D eigenvalue weighted by atomic mass is 35.5. The SMILES string of the molecule is Cc1cc2c(cc1Cl)C(=Nn1c(-c3ccncc3)n[nH]c1=S)C(=O)N2. The molecule has 2 aromatic heterocycles. The molecule has 0 fully saturated rings. The summed E-state index contributed by atoms with van der Waals surface area (Å²) < 4.78 is 1.70. The number of carbonyl (C=O) groups excluding carboxylic acids is 1. The number of nitrogens with zero attached hydrogens (tertiary/aromatic N) is 4. The molecule has 25 heavy (non-hydrogen) atoms. The summed E-state index contributed by atoms with van der Waals surface area (Å²) in [5.41, 5.74) is 3.17. The number of anilines is 1. The van der Waals surface area contributed by atoms with Gasteiger partial charge in [-0.25, -0.2) is 5.10 Å². The number of hydrogen-bond donors (Lipinski definition) is 2. The van der Waals surface area contributed by atoms with Crippen LogP contribution in [-0.2, 0) is 4.79 Å². The second-order valence-electron chi connectivity index (χ2n) is 5.45. The van der Waals surface area contributed by atoms with Crippen LogP contribution in [0.4, 0.5) is 5.69 Å². The van der Waals surface area contributed by atoms with E-state index in [0.29, 0.717) is 22.1 Å². The van der Waals surface area contributed by atoms with Gasteiger partial charge in [-0.05, 0) is 49.0 Å². The van der Waals surface area contributed by atoms with Gasteiger partial charge in [0, 0.05) is 28.5 Å². The first-order valence-corrected chi connectivity index (χ1v) is 8.12. The fourth-order valence-corrected chi connectivity index (χ4v) is 2.89. The average Bonchev–Trinajstić information content (AvgIpc) is 3.10. The molecule has 0 atom stereocenters. The van der Waals surface area contributed by atoms with Crippen molar-refractivity contribution in [3.63, 3.8) is 0 Å². The van der Waals surface area contributed by atoms with Gasteiger partial charge in [0.2, 0.25) is 4.77 Å². The summed E-state index contributed by atoms with van der Waals surface area (Å²) in [4.78, 5) is 16.3. The van der Waals surface area contributed by atoms with Crippen molar-refractivity contribution < 1.29 is 4.79 Å². The minimum absolute atomic E-state index is 0.227. The lowest BCUT2D eigenvalue weighted by Gasteiger charge is -2.04. The van der Waals surface area contributed by atoms with Gasteiger partial charge in [0.25, 0.3) is 5.91 Å². The maximum absolute atomic E-state index is 12.4. The first-order chi connectivity index (χ1) is 12.0. The largest absolute Gasteiger partial charge is 0.320 e. The fraction of sp³-hybridized carbons (Fsp3) is 0.0625. The second-order valence-corrected chi connectivity index (χ2v) is 6.24. The van der Waals surface area contributed by atoms with E-state index in [9.17, 15) is 4.79 Å². The van der Waals surface area contributed by atoms with Gasteiger partial charge >= 0.3 is 0 Å². The number of pyridine rings is 1. The van der Waals surface area contributed by atoms with Crippen LogP contribution in [-0.4, -0.2) is 31.5 Å². The number of aromatic amines is 1. The number of halogens is 1. The first-order valence-electron chi connectivity index (χ1n) is 7.33. The lowest BCUT2D eigenvalue weighted by Crippen LogP contribution is -2.16. The lowest BCUT2D eigenvalue weighted by molar-refractivity contribution is -0.110. The Hall–Kier alpha value is -2.84. The summed E-state index contributed by atoms with van der Waals surface area (Å²) in [7, 11) is 0. The van der Waals surface area contributed by atoms with Crippen molar-refractivity contribution in [1.29, 1.82) is 0 Å². The normalized spacial score (nSPS) is 14.6. The van der Waals surface area contributed by atoms with Gasteiger partial charge in [0.05, 0.1) is 5.69 Å². The van der Waals surface area contributed by atoms with Gasteiger partial charge in [-0.1, -0.05) is 11.6 Å². The Morgan fingerprint density at radius 1 is 1.28 bits per heavy atom. The number of nitrogens with one attached hydrogen (secondary N) is 2. The van der Waals surface area contributed by atoms with Crippen molar-refractivity contribution >= 4 is 41.1 Å². The van der Waals surface area contributed by atoms with Crippen molar-refractivity contribution in [2.45, 2.75) is 6.92 Å². The Kier molecular flexibility index (Phi) is 3.70. The molecule has 0 aliphatic carbocycles. The van der Waals surface area contributed by atoms with E-state index >= 15 is 0 Å². The zero-order chi connectivity index (χ0) is 17.6. The molecule has 7 nitrogen and oxygen atoms in total. The Morgan fingerprint density at radius 2 is 2.04 bits per heavy atom. The van der Waals surface area contributed by atoms with E-state index in [-0.39, 0.29) is 16.4 Å². The van der Waals surface area contributed by atoms with Crippen LogP contribution in [0.1, 0.15) is 11.1 Å². The zero-order valence-electron chi connectivity index (χ0n) is 12.9. The van der Waals surface area contributed by atoms with Crippen LogP contribution in [0, 0.1) is 11.7 Å². The number of amides is 1. The van der Waals surface area contributed by atoms with E-state index in [4.69, 9.17) is 23.8 Å². The van der Waals surface area contributed by atoms with Crippen LogP contribution in [0.15, 0.2) is 41.8 Å². The molecule has 0 bridgehead atoms. The average molecular weight is 371 g/mol. The molecule has 1 aromatic carbocycles. The molecule has 0 saturated heterocycles. The molecular weight excluding hydrogens is 360 g/mol. The Bertz CT molecular complexity index is 1090. The van der Waals surface area contributed by atoms with Crippen LogP contribution in [0.25, 0.3) is 11.4 Å². The van der Waals surface area contributed by atoms with Crippen molar-refractivity contribution in [2.24, 2.45) is 5.10 Å². The molecule has 0 radical (unpaired) electrons. The minimum Gasteiger partial charge on any atom is -0.320 e. The molecule has 3 heterocycles. The molecule has 4 rings (SSSR count). The van der Waals surface area contributed by atoms with Crippen molar-refractivity contribution in [3.8, 4) is 11.4 Å². The van der Waals surface area contributed by atoms with E-state index in [1.807, 2.05) is 13.0 Å². The van der Waals surface area contributed by atoms with E-state index in [2.05, 4.69) is 25.6 Å². The van der Waals surface area contributed by atoms with E-state index in [1.165, 1.54) is 4.68 Å². The maximum atomic E-state index is 12.4. The van der Waals surface area contributed by atoms with Gasteiger partial charge in [-0.2, -0.15) is 14.9 Å². The maximum Gasteiger partial charge on any atom is 0.276 e. The lowest BCUT2D eigenvalue weighted by atomic mass is 10.1. The Morgan fingerprint density at radius 3 is 2.80 bits per heavy atom. The predicted octanol–water partition coefficient (Wildman–Crippen LogP) is 3.17. The van der Waals surface area contributed by atoms with Crippen molar-refractivity contribution in [1.82, 2.24) is 19.9 Å². The highest BCUT2D eigenvalue weighted by Crippen LogP contribution is 2.30. The molecule has 1 aliphatic heterocycles. The Balaban J connectivity index is 1.89. The van der Waals surface area contributed by atoms with E-state index < -0.39 is 0 Å². The van der Waals surface area contributed by atoms with Gasteiger partial charge in [-0.3, -0.25) is 9.78 Å². The molecule has 0 spiro atoms. The highest BCUT2D eigenvalue weighted by Gasteiger charge is 2.28. The van der Waals surface area contributed by atoms with Gasteiger partial charge in [-0.15, -0.1) is 0 Å². The monoisotopic (exact) mass is 370 g/mol. The van der Waals surface area contributed by atoms with Gasteiger partial charge in [0.15, 0.2) is 11.5 Å². The molecule has 0 saturated carbocycles. The van der Waals surface area contributed by atoms with E-state index in [1.54, 1.807) is 30.6 Å². The predicted molar refractivity (Wildman–Crippen MR) is 97.4 cm³/mol. The molecule has 0 unspecified atom stereocenters. The highest BCUT2D eigenvalue weighted by molar-refractivity contribution is 7.71. The summed E-state index contributed by atoms with van der Waals surface area (Å²) in [6.45, 7) is 1.87. The third kappa shape index (κ3) is 2.65. The number of H-pyrrole nitrogens is 1. The minimum atomic E-state index is -0.319. The van der Waals surface area contributed by atoms with Crippen molar-refractivity contribution in [3.05, 3.63) is 57.6 Å². The zero-order valence-corrected chi connectivity index (χ0v) is 14.5. The van der Waals surface area contributed by atoms with Gasteiger partial charge < -0.3 is 5.32 Å². The van der Waals surface area contributed by atoms with Crippen LogP contribution in [0.3, 0.4) is 0 Å². The summed E-state index contributed by atoms with van der Waals surface area (Å²) in [6, 6.07) is 7.10. The summed E-state index contributed by atoms with van der Waals surface area (Å²) in [5.74, 6) is 0.166. The van der Waals surface area contributed by atoms with E-state index in [0.717, 1.165) is 11.1 Å². The number of fused-ring (bicyclic) bond motifs is 1. The number of carbonyl (C=O) groups is 1. The molecule has 3 aromatic rings. The summed E-state index contributed by atoms with van der Waals surface area (Å²) in [5, 5.41) is 14.7. The number of hydrogen-bond acceptors (Lipinski definition) is 5. The summed E-state index contributed by atoms with van der Waals surface area (Å²) >= 11 is 11.5. The number of rotatable bonds is 2. The molecule has 1 aliphatic rings. The summed E-state index contributed by atoms with van der Waals surface area (Å²) in [6.07, 6.45) is 3.29. The van der Waals surface area contributed by atoms with Crippen LogP contribution in [0.2, 0.25) is 5.02 Å². The quantitative estimate of drug-likeness (QED) is 0.678. The molecule has 9 heteroatoms. The van der Waals surface area contributed by atoms with Crippen molar-refractivity contribution in [2.75, 3.05) is 5.32 Å². The van der Waals surface area contributed by atoms with Crippen LogP contribution in [0.5, 0.6) is 0 Å². The molecule has 124 valence electrons.